The maximum absolute atomic E-state index is 10.5. The van der Waals surface area contributed by atoms with Crippen molar-refractivity contribution in [2.24, 2.45) is 0 Å². The maximum Gasteiger partial charge on any atom is 0.371 e. The Labute approximate surface area is 128 Å². The molecule has 0 unspecified atom stereocenters. The Morgan fingerprint density at radius 3 is 2.59 bits per heavy atom. The van der Waals surface area contributed by atoms with Gasteiger partial charge in [0.1, 0.15) is 5.75 Å². The quantitative estimate of drug-likeness (QED) is 0.633. The molecule has 5 heteroatoms. The van der Waals surface area contributed by atoms with E-state index in [-0.39, 0.29) is 0 Å². The number of nitrogens with zero attached hydrogens (tertiary/aromatic N) is 1. The number of ether oxygens (including phenoxy) is 1. The van der Waals surface area contributed by atoms with Crippen LogP contribution in [-0.2, 0) is 17.6 Å². The van der Waals surface area contributed by atoms with Gasteiger partial charge in [-0.3, -0.25) is 4.98 Å². The van der Waals surface area contributed by atoms with Crippen LogP contribution in [0.1, 0.15) is 16.8 Å². The van der Waals surface area contributed by atoms with Crippen LogP contribution in [0.5, 0.6) is 5.75 Å². The van der Waals surface area contributed by atoms with Crippen molar-refractivity contribution in [3.63, 3.8) is 0 Å². The molecule has 2 rings (SSSR count). The van der Waals surface area contributed by atoms with Gasteiger partial charge in [0, 0.05) is 12.3 Å². The van der Waals surface area contributed by atoms with Crippen LogP contribution in [0.2, 0.25) is 0 Å². The molecule has 0 fully saturated rings. The summed E-state index contributed by atoms with van der Waals surface area (Å²) in [7, 11) is 1.65. The summed E-state index contributed by atoms with van der Waals surface area (Å²) in [6.07, 6.45) is 4.41. The van der Waals surface area contributed by atoms with Crippen LogP contribution < -0.4 is 4.74 Å². The van der Waals surface area contributed by atoms with Gasteiger partial charge in [0.25, 0.3) is 0 Å². The van der Waals surface area contributed by atoms with Gasteiger partial charge in [-0.1, -0.05) is 24.3 Å². The van der Waals surface area contributed by atoms with Crippen molar-refractivity contribution in [2.45, 2.75) is 12.8 Å². The van der Waals surface area contributed by atoms with E-state index in [1.54, 1.807) is 19.4 Å². The van der Waals surface area contributed by atoms with Crippen LogP contribution in [0.15, 0.2) is 48.4 Å². The largest absolute Gasteiger partial charge is 0.502 e. The zero-order valence-electron chi connectivity index (χ0n) is 12.2. The Hall–Kier alpha value is -2.82. The molecule has 0 aliphatic rings. The van der Waals surface area contributed by atoms with Crippen LogP contribution >= 0.6 is 0 Å². The molecule has 2 aromatic rings. The first-order chi connectivity index (χ1) is 10.6. The predicted octanol–water partition coefficient (Wildman–Crippen LogP) is 2.86. The van der Waals surface area contributed by atoms with Gasteiger partial charge >= 0.3 is 5.97 Å². The first-order valence-corrected chi connectivity index (χ1v) is 6.81. The molecule has 0 atom stereocenters. The average Bonchev–Trinajstić information content (AvgIpc) is 2.54. The molecule has 2 N–H and O–H groups in total. The second-order valence-electron chi connectivity index (χ2n) is 4.74. The van der Waals surface area contributed by atoms with Crippen LogP contribution in [0.4, 0.5) is 0 Å². The lowest BCUT2D eigenvalue weighted by Crippen LogP contribution is -1.99. The monoisotopic (exact) mass is 299 g/mol. The number of carboxylic acids is 1. The molecule has 5 nitrogen and oxygen atoms in total. The van der Waals surface area contributed by atoms with Gasteiger partial charge < -0.3 is 14.9 Å². The number of hydrogen-bond acceptors (Lipinski definition) is 4. The number of aliphatic carboxylic acids is 1. The lowest BCUT2D eigenvalue weighted by Gasteiger charge is -2.08. The normalized spacial score (nSPS) is 11.2. The van der Waals surface area contributed by atoms with Gasteiger partial charge in [-0.15, -0.1) is 0 Å². The Bertz CT molecular complexity index is 677. The summed E-state index contributed by atoms with van der Waals surface area (Å²) in [6, 6.07) is 11.4. The molecule has 0 bridgehead atoms. The zero-order chi connectivity index (χ0) is 15.9. The molecule has 0 saturated carbocycles. The lowest BCUT2D eigenvalue weighted by molar-refractivity contribution is -0.135. The molecule has 0 radical (unpaired) electrons. The second kappa shape index (κ2) is 7.26. The molecule has 0 aliphatic carbocycles. The summed E-state index contributed by atoms with van der Waals surface area (Å²) in [4.78, 5) is 14.7. The minimum Gasteiger partial charge on any atom is -0.502 e. The van der Waals surface area contributed by atoms with Crippen LogP contribution in [0, 0.1) is 0 Å². The molecule has 22 heavy (non-hydrogen) atoms. The molecule has 0 spiro atoms. The Morgan fingerprint density at radius 1 is 1.18 bits per heavy atom. The van der Waals surface area contributed by atoms with Crippen LogP contribution in [-0.4, -0.2) is 28.3 Å². The van der Waals surface area contributed by atoms with Crippen molar-refractivity contribution in [3.05, 3.63) is 65.2 Å². The molecule has 0 saturated heterocycles. The third-order valence-corrected chi connectivity index (χ3v) is 3.23. The van der Waals surface area contributed by atoms with E-state index in [2.05, 4.69) is 4.98 Å². The topological polar surface area (TPSA) is 79.7 Å². The molecule has 1 aromatic heterocycles. The van der Waals surface area contributed by atoms with Crippen molar-refractivity contribution in [3.8, 4) is 5.75 Å². The van der Waals surface area contributed by atoms with E-state index in [1.807, 2.05) is 30.3 Å². The number of pyridine rings is 1. The van der Waals surface area contributed by atoms with E-state index in [4.69, 9.17) is 14.9 Å². The fraction of sp³-hybridized carbons (Fsp3) is 0.176. The van der Waals surface area contributed by atoms with E-state index in [0.29, 0.717) is 5.69 Å². The van der Waals surface area contributed by atoms with Crippen LogP contribution in [0.3, 0.4) is 0 Å². The summed E-state index contributed by atoms with van der Waals surface area (Å²) in [5.74, 6) is -1.24. The van der Waals surface area contributed by atoms with Crippen LogP contribution in [0.25, 0.3) is 6.08 Å². The van der Waals surface area contributed by atoms with E-state index >= 15 is 0 Å². The van der Waals surface area contributed by atoms with E-state index in [0.717, 1.165) is 35.8 Å². The summed E-state index contributed by atoms with van der Waals surface area (Å²) in [5.41, 5.74) is 2.55. The minimum absolute atomic E-state index is 0.404. The van der Waals surface area contributed by atoms with Gasteiger partial charge in [0.2, 0.25) is 5.76 Å². The number of aliphatic hydroxyl groups is 1. The van der Waals surface area contributed by atoms with Crippen molar-refractivity contribution in [2.75, 3.05) is 7.11 Å². The van der Waals surface area contributed by atoms with Gasteiger partial charge in [-0.05, 0) is 36.1 Å². The number of benzene rings is 1. The number of methoxy groups -OCH3 is 1. The number of aryl methyl sites for hydroxylation is 2. The highest BCUT2D eigenvalue weighted by Gasteiger charge is 2.05. The zero-order valence-corrected chi connectivity index (χ0v) is 12.2. The Kier molecular flexibility index (Phi) is 5.14. The molecular formula is C17H17NO4. The lowest BCUT2D eigenvalue weighted by atomic mass is 10.0. The van der Waals surface area contributed by atoms with Crippen molar-refractivity contribution < 1.29 is 19.7 Å². The molecule has 1 aromatic carbocycles. The highest BCUT2D eigenvalue weighted by Crippen LogP contribution is 2.19. The SMILES string of the molecule is COc1ccccc1CCc1ccc(/C=C(\O)C(=O)O)nc1. The molecule has 114 valence electrons. The first-order valence-electron chi connectivity index (χ1n) is 6.81. The number of aromatic nitrogens is 1. The van der Waals surface area contributed by atoms with Crippen molar-refractivity contribution in [1.82, 2.24) is 4.98 Å². The fourth-order valence-electron chi connectivity index (χ4n) is 2.06. The standard InChI is InChI=1S/C17H17NO4/c1-22-16-5-3-2-4-13(16)8-6-12-7-9-14(18-11-12)10-15(19)17(20)21/h2-5,7,9-11,19H,6,8H2,1H3,(H,20,21)/b15-10-. The Balaban J connectivity index is 2.03. The third kappa shape index (κ3) is 4.09. The van der Waals surface area contributed by atoms with E-state index < -0.39 is 11.7 Å². The maximum atomic E-state index is 10.5. The number of aliphatic hydroxyl groups excluding tert-OH is 1. The number of carboxylic acid groups (broad SMARTS) is 1. The molecule has 0 aliphatic heterocycles. The number of para-hydroxylation sites is 1. The highest BCUT2D eigenvalue weighted by atomic mass is 16.5. The molecular weight excluding hydrogens is 282 g/mol. The third-order valence-electron chi connectivity index (χ3n) is 3.23. The van der Waals surface area contributed by atoms with Gasteiger partial charge in [0.15, 0.2) is 0 Å². The first kappa shape index (κ1) is 15.6. The average molecular weight is 299 g/mol. The Morgan fingerprint density at radius 2 is 1.95 bits per heavy atom. The second-order valence-corrected chi connectivity index (χ2v) is 4.74. The van der Waals surface area contributed by atoms with Gasteiger partial charge in [-0.2, -0.15) is 0 Å². The van der Waals surface area contributed by atoms with E-state index in [1.165, 1.54) is 0 Å². The van der Waals surface area contributed by atoms with E-state index in [9.17, 15) is 4.79 Å². The van der Waals surface area contributed by atoms with Crippen molar-refractivity contribution >= 4 is 12.0 Å². The number of rotatable bonds is 6. The fourth-order valence-corrected chi connectivity index (χ4v) is 2.06. The van der Waals surface area contributed by atoms with Gasteiger partial charge in [0.05, 0.1) is 12.8 Å². The van der Waals surface area contributed by atoms with Crippen molar-refractivity contribution in [1.29, 1.82) is 0 Å². The summed E-state index contributed by atoms with van der Waals surface area (Å²) in [5, 5.41) is 17.8. The molecule has 1 heterocycles. The number of hydrogen-bond donors (Lipinski definition) is 2. The smallest absolute Gasteiger partial charge is 0.371 e. The predicted molar refractivity (Wildman–Crippen MR) is 82.9 cm³/mol. The van der Waals surface area contributed by atoms with Gasteiger partial charge in [-0.25, -0.2) is 4.79 Å². The summed E-state index contributed by atoms with van der Waals surface area (Å²) in [6.45, 7) is 0. The molecule has 0 amide bonds. The summed E-state index contributed by atoms with van der Waals surface area (Å²) < 4.78 is 5.31. The minimum atomic E-state index is -1.37. The number of carbonyl (C=O) groups is 1. The highest BCUT2D eigenvalue weighted by molar-refractivity contribution is 5.88. The summed E-state index contributed by atoms with van der Waals surface area (Å²) >= 11 is 0.